The molecule has 1 aliphatic rings. The van der Waals surface area contributed by atoms with Crippen LogP contribution in [0.5, 0.6) is 0 Å². The fourth-order valence-electron chi connectivity index (χ4n) is 3.20. The zero-order valence-electron chi connectivity index (χ0n) is 12.3. The molecule has 1 fully saturated rings. The Hall–Kier alpha value is -2.36. The number of amides is 1. The van der Waals surface area contributed by atoms with Gasteiger partial charge in [0.05, 0.1) is 5.54 Å². The molecule has 0 spiro atoms. The third-order valence-electron chi connectivity index (χ3n) is 4.36. The SMILES string of the molecule is Nc1cccc(C(=O)NC2(c3ccc(F)cc3)CCCC2)c1. The molecule has 3 N–H and O–H groups in total. The normalized spacial score (nSPS) is 16.4. The summed E-state index contributed by atoms with van der Waals surface area (Å²) >= 11 is 0. The Bertz CT molecular complexity index is 676. The van der Waals surface area contributed by atoms with Gasteiger partial charge < -0.3 is 11.1 Å². The molecule has 0 unspecified atom stereocenters. The maximum absolute atomic E-state index is 13.2. The van der Waals surface area contributed by atoms with E-state index in [2.05, 4.69) is 5.32 Å². The number of nitrogens with two attached hydrogens (primary N) is 1. The van der Waals surface area contributed by atoms with Gasteiger partial charge in [0.1, 0.15) is 5.82 Å². The van der Waals surface area contributed by atoms with Gasteiger partial charge in [-0.15, -0.1) is 0 Å². The van der Waals surface area contributed by atoms with Crippen molar-refractivity contribution in [3.8, 4) is 0 Å². The fraction of sp³-hybridized carbons (Fsp3) is 0.278. The number of halogens is 1. The van der Waals surface area contributed by atoms with Crippen LogP contribution in [0.4, 0.5) is 10.1 Å². The zero-order chi connectivity index (χ0) is 15.6. The second-order valence-corrected chi connectivity index (χ2v) is 5.88. The minimum Gasteiger partial charge on any atom is -0.399 e. The third-order valence-corrected chi connectivity index (χ3v) is 4.36. The van der Waals surface area contributed by atoms with Crippen LogP contribution in [-0.4, -0.2) is 5.91 Å². The van der Waals surface area contributed by atoms with Crippen LogP contribution in [0.3, 0.4) is 0 Å². The molecule has 0 aromatic heterocycles. The molecule has 0 radical (unpaired) electrons. The second kappa shape index (κ2) is 5.79. The van der Waals surface area contributed by atoms with E-state index in [0.717, 1.165) is 31.2 Å². The van der Waals surface area contributed by atoms with E-state index in [1.807, 2.05) is 0 Å². The van der Waals surface area contributed by atoms with Crippen molar-refractivity contribution in [2.24, 2.45) is 0 Å². The van der Waals surface area contributed by atoms with Crippen molar-refractivity contribution in [1.82, 2.24) is 5.32 Å². The van der Waals surface area contributed by atoms with Gasteiger partial charge in [-0.05, 0) is 48.7 Å². The molecule has 0 aliphatic heterocycles. The molecule has 1 amide bonds. The number of carbonyl (C=O) groups excluding carboxylic acids is 1. The van der Waals surface area contributed by atoms with E-state index in [-0.39, 0.29) is 11.7 Å². The largest absolute Gasteiger partial charge is 0.399 e. The first-order chi connectivity index (χ1) is 10.6. The predicted octanol–water partition coefficient (Wildman–Crippen LogP) is 3.61. The molecule has 2 aromatic carbocycles. The summed E-state index contributed by atoms with van der Waals surface area (Å²) in [5.41, 5.74) is 7.41. The van der Waals surface area contributed by atoms with Gasteiger partial charge in [-0.3, -0.25) is 4.79 Å². The summed E-state index contributed by atoms with van der Waals surface area (Å²) in [6, 6.07) is 13.4. The maximum atomic E-state index is 13.2. The van der Waals surface area contributed by atoms with Crippen LogP contribution >= 0.6 is 0 Å². The lowest BCUT2D eigenvalue weighted by Crippen LogP contribution is -2.43. The summed E-state index contributed by atoms with van der Waals surface area (Å²) in [7, 11) is 0. The van der Waals surface area contributed by atoms with Gasteiger partial charge in [-0.1, -0.05) is 31.0 Å². The molecular weight excluding hydrogens is 279 g/mol. The second-order valence-electron chi connectivity index (χ2n) is 5.88. The molecule has 1 aliphatic carbocycles. The number of anilines is 1. The van der Waals surface area contributed by atoms with Crippen molar-refractivity contribution in [3.63, 3.8) is 0 Å². The van der Waals surface area contributed by atoms with Crippen molar-refractivity contribution in [2.75, 3.05) is 5.73 Å². The van der Waals surface area contributed by atoms with Gasteiger partial charge in [-0.25, -0.2) is 4.39 Å². The molecule has 114 valence electrons. The molecule has 2 aromatic rings. The van der Waals surface area contributed by atoms with Gasteiger partial charge >= 0.3 is 0 Å². The lowest BCUT2D eigenvalue weighted by atomic mass is 9.87. The number of nitrogen functional groups attached to an aromatic ring is 1. The Morgan fingerprint density at radius 2 is 1.77 bits per heavy atom. The van der Waals surface area contributed by atoms with Crippen LogP contribution in [0, 0.1) is 5.82 Å². The van der Waals surface area contributed by atoms with Crippen molar-refractivity contribution in [1.29, 1.82) is 0 Å². The van der Waals surface area contributed by atoms with Gasteiger partial charge in [0.15, 0.2) is 0 Å². The Kier molecular flexibility index (Phi) is 3.84. The van der Waals surface area contributed by atoms with E-state index in [1.165, 1.54) is 12.1 Å². The lowest BCUT2D eigenvalue weighted by Gasteiger charge is -2.31. The molecular formula is C18H19FN2O. The number of nitrogens with one attached hydrogen (secondary N) is 1. The minimum absolute atomic E-state index is 0.140. The first-order valence-electron chi connectivity index (χ1n) is 7.53. The summed E-state index contributed by atoms with van der Waals surface area (Å²) in [6.07, 6.45) is 3.84. The molecule has 0 heterocycles. The highest BCUT2D eigenvalue weighted by Gasteiger charge is 2.37. The quantitative estimate of drug-likeness (QED) is 0.851. The molecule has 0 atom stereocenters. The maximum Gasteiger partial charge on any atom is 0.252 e. The molecule has 0 saturated heterocycles. The number of hydrogen-bond acceptors (Lipinski definition) is 2. The molecule has 3 rings (SSSR count). The Balaban J connectivity index is 1.88. The standard InChI is InChI=1S/C18H19FN2O/c19-15-8-6-14(7-9-15)18(10-1-2-11-18)21-17(22)13-4-3-5-16(20)12-13/h3-9,12H,1-2,10-11,20H2,(H,21,22). The summed E-state index contributed by atoms with van der Waals surface area (Å²) in [5.74, 6) is -0.405. The topological polar surface area (TPSA) is 55.1 Å². The average molecular weight is 298 g/mol. The lowest BCUT2D eigenvalue weighted by molar-refractivity contribution is 0.0898. The number of hydrogen-bond donors (Lipinski definition) is 2. The predicted molar refractivity (Wildman–Crippen MR) is 84.9 cm³/mol. The smallest absolute Gasteiger partial charge is 0.252 e. The monoisotopic (exact) mass is 298 g/mol. The van der Waals surface area contributed by atoms with Crippen LogP contribution in [0.15, 0.2) is 48.5 Å². The zero-order valence-corrected chi connectivity index (χ0v) is 12.3. The van der Waals surface area contributed by atoms with Crippen LogP contribution < -0.4 is 11.1 Å². The highest BCUT2D eigenvalue weighted by atomic mass is 19.1. The summed E-state index contributed by atoms with van der Waals surface area (Å²) in [5, 5.41) is 3.15. The molecule has 3 nitrogen and oxygen atoms in total. The van der Waals surface area contributed by atoms with E-state index < -0.39 is 5.54 Å². The summed E-state index contributed by atoms with van der Waals surface area (Å²) in [6.45, 7) is 0. The first-order valence-corrected chi connectivity index (χ1v) is 7.53. The van der Waals surface area contributed by atoms with Gasteiger partial charge in [0.2, 0.25) is 0 Å². The van der Waals surface area contributed by atoms with Gasteiger partial charge in [0, 0.05) is 11.3 Å². The van der Waals surface area contributed by atoms with Crippen LogP contribution in [-0.2, 0) is 5.54 Å². The fourth-order valence-corrected chi connectivity index (χ4v) is 3.20. The number of carbonyl (C=O) groups is 1. The van der Waals surface area contributed by atoms with E-state index >= 15 is 0 Å². The highest BCUT2D eigenvalue weighted by molar-refractivity contribution is 5.95. The Morgan fingerprint density at radius 3 is 2.41 bits per heavy atom. The highest BCUT2D eigenvalue weighted by Crippen LogP contribution is 2.39. The first kappa shape index (κ1) is 14.6. The van der Waals surface area contributed by atoms with E-state index in [0.29, 0.717) is 11.3 Å². The van der Waals surface area contributed by atoms with Gasteiger partial charge in [-0.2, -0.15) is 0 Å². The van der Waals surface area contributed by atoms with Crippen LogP contribution in [0.25, 0.3) is 0 Å². The van der Waals surface area contributed by atoms with Crippen LogP contribution in [0.2, 0.25) is 0 Å². The molecule has 0 bridgehead atoms. The van der Waals surface area contributed by atoms with Crippen LogP contribution in [0.1, 0.15) is 41.6 Å². The number of benzene rings is 2. The van der Waals surface area contributed by atoms with Gasteiger partial charge in [0.25, 0.3) is 5.91 Å². The molecule has 4 heteroatoms. The van der Waals surface area contributed by atoms with E-state index in [1.54, 1.807) is 36.4 Å². The Morgan fingerprint density at radius 1 is 1.09 bits per heavy atom. The minimum atomic E-state index is -0.407. The summed E-state index contributed by atoms with van der Waals surface area (Å²) in [4.78, 5) is 12.6. The molecule has 1 saturated carbocycles. The van der Waals surface area contributed by atoms with Crippen molar-refractivity contribution in [3.05, 3.63) is 65.5 Å². The molecule has 22 heavy (non-hydrogen) atoms. The van der Waals surface area contributed by atoms with Crippen molar-refractivity contribution >= 4 is 11.6 Å². The average Bonchev–Trinajstić information content (AvgIpc) is 2.97. The number of rotatable bonds is 3. The third kappa shape index (κ3) is 2.82. The van der Waals surface area contributed by atoms with E-state index in [9.17, 15) is 9.18 Å². The van der Waals surface area contributed by atoms with E-state index in [4.69, 9.17) is 5.73 Å². The van der Waals surface area contributed by atoms with Crippen molar-refractivity contribution < 1.29 is 9.18 Å². The van der Waals surface area contributed by atoms with Crippen molar-refractivity contribution in [2.45, 2.75) is 31.2 Å². The summed E-state index contributed by atoms with van der Waals surface area (Å²) < 4.78 is 13.2. The Labute approximate surface area is 129 Å².